The summed E-state index contributed by atoms with van der Waals surface area (Å²) in [5.74, 6) is 0.248. The molecule has 1 aromatic heterocycles. The van der Waals surface area contributed by atoms with Crippen LogP contribution >= 0.6 is 0 Å². The average molecular weight is 237 g/mol. The Hall–Kier alpha value is -1.52. The van der Waals surface area contributed by atoms with Gasteiger partial charge >= 0.3 is 6.09 Å². The molecule has 1 unspecified atom stereocenters. The van der Waals surface area contributed by atoms with Gasteiger partial charge in [-0.3, -0.25) is 5.10 Å². The Bertz CT molecular complexity index is 420. The largest absolute Gasteiger partial charge is 0.444 e. The van der Waals surface area contributed by atoms with Gasteiger partial charge in [-0.1, -0.05) is 6.92 Å². The number of fused-ring (bicyclic) bond motifs is 1. The third-order valence-electron chi connectivity index (χ3n) is 2.73. The molecule has 0 radical (unpaired) electrons. The fraction of sp³-hybridized carbons (Fsp3) is 0.667. The van der Waals surface area contributed by atoms with E-state index in [1.54, 1.807) is 4.90 Å². The second kappa shape index (κ2) is 4.05. The molecule has 5 heteroatoms. The van der Waals surface area contributed by atoms with Gasteiger partial charge in [0.05, 0.1) is 12.2 Å². The van der Waals surface area contributed by atoms with Crippen LogP contribution in [0, 0.1) is 0 Å². The summed E-state index contributed by atoms with van der Waals surface area (Å²) in [7, 11) is 0. The van der Waals surface area contributed by atoms with Gasteiger partial charge in [-0.25, -0.2) is 4.79 Å². The first-order valence-electron chi connectivity index (χ1n) is 5.87. The van der Waals surface area contributed by atoms with E-state index in [9.17, 15) is 4.79 Å². The fourth-order valence-corrected chi connectivity index (χ4v) is 2.03. The molecule has 0 saturated carbocycles. The van der Waals surface area contributed by atoms with Crippen LogP contribution in [0.1, 0.15) is 44.9 Å². The molecule has 5 nitrogen and oxygen atoms in total. The minimum Gasteiger partial charge on any atom is -0.444 e. The number of H-pyrrole nitrogens is 1. The maximum Gasteiger partial charge on any atom is 0.410 e. The van der Waals surface area contributed by atoms with Crippen LogP contribution in [0.2, 0.25) is 0 Å². The van der Waals surface area contributed by atoms with Crippen LogP contribution < -0.4 is 0 Å². The Morgan fingerprint density at radius 2 is 2.29 bits per heavy atom. The molecule has 1 atom stereocenters. The Balaban J connectivity index is 2.09. The summed E-state index contributed by atoms with van der Waals surface area (Å²) in [4.78, 5) is 13.7. The van der Waals surface area contributed by atoms with E-state index in [1.165, 1.54) is 0 Å². The monoisotopic (exact) mass is 237 g/mol. The first-order valence-corrected chi connectivity index (χ1v) is 5.87. The number of aromatic nitrogens is 2. The van der Waals surface area contributed by atoms with Crippen molar-refractivity contribution < 1.29 is 9.53 Å². The Morgan fingerprint density at radius 3 is 2.94 bits per heavy atom. The molecular formula is C12H19N3O2. The van der Waals surface area contributed by atoms with Gasteiger partial charge in [0.1, 0.15) is 5.60 Å². The maximum absolute atomic E-state index is 12.0. The molecule has 2 heterocycles. The second-order valence-corrected chi connectivity index (χ2v) is 5.56. The molecule has 1 amide bonds. The molecule has 1 N–H and O–H groups in total. The molecule has 0 spiro atoms. The highest BCUT2D eigenvalue weighted by molar-refractivity contribution is 5.68. The van der Waals surface area contributed by atoms with E-state index >= 15 is 0 Å². The van der Waals surface area contributed by atoms with Crippen LogP contribution in [-0.4, -0.2) is 33.3 Å². The van der Waals surface area contributed by atoms with Crippen molar-refractivity contribution in [3.8, 4) is 0 Å². The van der Waals surface area contributed by atoms with Crippen molar-refractivity contribution in [2.45, 2.75) is 45.8 Å². The molecule has 0 fully saturated rings. The zero-order valence-corrected chi connectivity index (χ0v) is 10.8. The van der Waals surface area contributed by atoms with E-state index in [0.717, 1.165) is 11.3 Å². The normalized spacial score (nSPS) is 20.0. The standard InChI is InChI=1S/C12H19N3O2/c1-8-6-15(11(16)17-12(2,3)4)7-9-5-13-14-10(8)9/h5,8H,6-7H2,1-4H3,(H,13,14). The maximum atomic E-state index is 12.0. The van der Waals surface area contributed by atoms with Crippen LogP contribution in [0.4, 0.5) is 4.79 Å². The van der Waals surface area contributed by atoms with Gasteiger partial charge in [0.25, 0.3) is 0 Å². The zero-order valence-electron chi connectivity index (χ0n) is 10.8. The summed E-state index contributed by atoms with van der Waals surface area (Å²) in [6.45, 7) is 8.93. The van der Waals surface area contributed by atoms with Crippen LogP contribution in [0.5, 0.6) is 0 Å². The molecule has 17 heavy (non-hydrogen) atoms. The molecular weight excluding hydrogens is 218 g/mol. The lowest BCUT2D eigenvalue weighted by Gasteiger charge is -2.32. The Morgan fingerprint density at radius 1 is 1.59 bits per heavy atom. The topological polar surface area (TPSA) is 58.2 Å². The first kappa shape index (κ1) is 12.0. The molecule has 1 aliphatic rings. The average Bonchev–Trinajstić information content (AvgIpc) is 2.63. The van der Waals surface area contributed by atoms with Crippen molar-refractivity contribution in [2.75, 3.05) is 6.54 Å². The molecule has 1 aromatic rings. The third kappa shape index (κ3) is 2.60. The highest BCUT2D eigenvalue weighted by atomic mass is 16.6. The number of hydrogen-bond acceptors (Lipinski definition) is 3. The number of aromatic amines is 1. The predicted molar refractivity (Wildman–Crippen MR) is 63.6 cm³/mol. The fourth-order valence-electron chi connectivity index (χ4n) is 2.03. The molecule has 1 aliphatic heterocycles. The number of ether oxygens (including phenoxy) is 1. The van der Waals surface area contributed by atoms with E-state index in [4.69, 9.17) is 4.74 Å². The van der Waals surface area contributed by atoms with E-state index in [1.807, 2.05) is 27.0 Å². The lowest BCUT2D eigenvalue weighted by atomic mass is 9.99. The van der Waals surface area contributed by atoms with Gasteiger partial charge in [0.15, 0.2) is 0 Å². The predicted octanol–water partition coefficient (Wildman–Crippen LogP) is 2.26. The molecule has 0 aliphatic carbocycles. The van der Waals surface area contributed by atoms with E-state index < -0.39 is 5.60 Å². The minimum atomic E-state index is -0.447. The van der Waals surface area contributed by atoms with Crippen LogP contribution in [-0.2, 0) is 11.3 Å². The van der Waals surface area contributed by atoms with Gasteiger partial charge in [0.2, 0.25) is 0 Å². The summed E-state index contributed by atoms with van der Waals surface area (Å²) in [5.41, 5.74) is 1.69. The van der Waals surface area contributed by atoms with Crippen molar-refractivity contribution in [3.05, 3.63) is 17.5 Å². The van der Waals surface area contributed by atoms with Crippen molar-refractivity contribution in [1.29, 1.82) is 0 Å². The van der Waals surface area contributed by atoms with Gasteiger partial charge in [-0.2, -0.15) is 5.10 Å². The minimum absolute atomic E-state index is 0.248. The van der Waals surface area contributed by atoms with E-state index in [-0.39, 0.29) is 12.0 Å². The Labute approximate surface area is 101 Å². The van der Waals surface area contributed by atoms with Crippen molar-refractivity contribution in [1.82, 2.24) is 15.1 Å². The summed E-state index contributed by atoms with van der Waals surface area (Å²) in [6, 6.07) is 0. The number of amides is 1. The lowest BCUT2D eigenvalue weighted by molar-refractivity contribution is 0.0208. The SMILES string of the molecule is CC1CN(C(=O)OC(C)(C)C)Cc2c[nH]nc21. The summed E-state index contributed by atoms with van der Waals surface area (Å²) < 4.78 is 5.37. The highest BCUT2D eigenvalue weighted by Crippen LogP contribution is 2.26. The molecule has 0 saturated heterocycles. The number of rotatable bonds is 0. The van der Waals surface area contributed by atoms with E-state index in [0.29, 0.717) is 13.1 Å². The number of carbonyl (C=O) groups is 1. The van der Waals surface area contributed by atoms with Gasteiger partial charge in [-0.05, 0) is 20.8 Å². The summed E-state index contributed by atoms with van der Waals surface area (Å²) in [6.07, 6.45) is 1.60. The summed E-state index contributed by atoms with van der Waals surface area (Å²) >= 11 is 0. The zero-order chi connectivity index (χ0) is 12.6. The van der Waals surface area contributed by atoms with Crippen LogP contribution in [0.3, 0.4) is 0 Å². The van der Waals surface area contributed by atoms with Crippen molar-refractivity contribution in [2.24, 2.45) is 0 Å². The van der Waals surface area contributed by atoms with Gasteiger partial charge in [-0.15, -0.1) is 0 Å². The van der Waals surface area contributed by atoms with E-state index in [2.05, 4.69) is 17.1 Å². The highest BCUT2D eigenvalue weighted by Gasteiger charge is 2.30. The molecule has 0 aromatic carbocycles. The van der Waals surface area contributed by atoms with Crippen LogP contribution in [0.25, 0.3) is 0 Å². The summed E-state index contributed by atoms with van der Waals surface area (Å²) in [5, 5.41) is 7.05. The Kier molecular flexibility index (Phi) is 2.85. The van der Waals surface area contributed by atoms with Gasteiger partial charge in [0, 0.05) is 24.2 Å². The number of nitrogens with zero attached hydrogens (tertiary/aromatic N) is 2. The number of hydrogen-bond donors (Lipinski definition) is 1. The third-order valence-corrected chi connectivity index (χ3v) is 2.73. The lowest BCUT2D eigenvalue weighted by Crippen LogP contribution is -2.40. The van der Waals surface area contributed by atoms with Crippen molar-refractivity contribution in [3.63, 3.8) is 0 Å². The van der Waals surface area contributed by atoms with Gasteiger partial charge < -0.3 is 9.64 Å². The number of carbonyl (C=O) groups excluding carboxylic acids is 1. The first-order chi connectivity index (χ1) is 7.87. The molecule has 94 valence electrons. The second-order valence-electron chi connectivity index (χ2n) is 5.56. The molecule has 2 rings (SSSR count). The quantitative estimate of drug-likeness (QED) is 0.753. The van der Waals surface area contributed by atoms with Crippen LogP contribution in [0.15, 0.2) is 6.20 Å². The number of nitrogens with one attached hydrogen (secondary N) is 1. The molecule has 0 bridgehead atoms. The smallest absolute Gasteiger partial charge is 0.410 e. The van der Waals surface area contributed by atoms with Crippen molar-refractivity contribution >= 4 is 6.09 Å².